The van der Waals surface area contributed by atoms with Gasteiger partial charge in [0, 0.05) is 51.2 Å². The first kappa shape index (κ1) is 20.6. The molecule has 0 bridgehead atoms. The second-order valence-electron chi connectivity index (χ2n) is 7.62. The fourth-order valence-electron chi connectivity index (χ4n) is 3.81. The van der Waals surface area contributed by atoms with Crippen LogP contribution < -0.4 is 10.2 Å². The zero-order valence-corrected chi connectivity index (χ0v) is 17.7. The van der Waals surface area contributed by atoms with Gasteiger partial charge in [-0.25, -0.2) is 8.42 Å². The van der Waals surface area contributed by atoms with Crippen LogP contribution in [0.1, 0.15) is 6.42 Å². The molecule has 0 radical (unpaired) electrons. The van der Waals surface area contributed by atoms with Crippen LogP contribution in [0.15, 0.2) is 58.7 Å². The number of hydrogen-bond acceptors (Lipinski definition) is 6. The molecule has 1 aromatic carbocycles. The van der Waals surface area contributed by atoms with Gasteiger partial charge in [0.2, 0.25) is 0 Å². The summed E-state index contributed by atoms with van der Waals surface area (Å²) in [5.41, 5.74) is 1.79. The quantitative estimate of drug-likeness (QED) is 0.674. The summed E-state index contributed by atoms with van der Waals surface area (Å²) in [5.74, 6) is 0.188. The van der Waals surface area contributed by atoms with Crippen LogP contribution in [0.4, 0.5) is 5.69 Å². The number of nitrogens with zero attached hydrogens (tertiary/aromatic N) is 4. The van der Waals surface area contributed by atoms with Gasteiger partial charge >= 0.3 is 0 Å². The van der Waals surface area contributed by atoms with Crippen molar-refractivity contribution in [3.8, 4) is 0 Å². The van der Waals surface area contributed by atoms with Crippen LogP contribution in [0.25, 0.3) is 0 Å². The van der Waals surface area contributed by atoms with Crippen molar-refractivity contribution in [1.29, 1.82) is 0 Å². The molecule has 9 heteroatoms. The summed E-state index contributed by atoms with van der Waals surface area (Å²) in [6.07, 6.45) is 5.76. The van der Waals surface area contributed by atoms with Crippen molar-refractivity contribution in [2.45, 2.75) is 6.42 Å². The maximum Gasteiger partial charge on any atom is 0.256 e. The highest BCUT2D eigenvalue weighted by Crippen LogP contribution is 2.17. The first-order chi connectivity index (χ1) is 14.5. The van der Waals surface area contributed by atoms with Gasteiger partial charge in [0.25, 0.3) is 15.9 Å². The number of para-hydroxylation sites is 1. The lowest BCUT2D eigenvalue weighted by molar-refractivity contribution is -0.117. The fourth-order valence-corrected chi connectivity index (χ4v) is 4.78. The predicted octanol–water partition coefficient (Wildman–Crippen LogP) is 0.813. The standard InChI is InChI=1S/C21H27N5O3S/c27-21(18-7-8-20-23-30(28,29)16-15-26(20)17-18)22-9-4-10-24-11-13-25(14-12-24)19-5-2-1-3-6-19/h1-3,5-8,17H,4,9-16H2,(H,22,27). The van der Waals surface area contributed by atoms with E-state index in [1.165, 1.54) is 5.69 Å². The molecule has 160 valence electrons. The molecule has 0 aromatic heterocycles. The number of anilines is 1. The van der Waals surface area contributed by atoms with Crippen molar-refractivity contribution in [3.63, 3.8) is 0 Å². The van der Waals surface area contributed by atoms with E-state index in [1.54, 1.807) is 23.3 Å². The van der Waals surface area contributed by atoms with Crippen LogP contribution >= 0.6 is 0 Å². The van der Waals surface area contributed by atoms with E-state index in [0.29, 0.717) is 24.5 Å². The summed E-state index contributed by atoms with van der Waals surface area (Å²) in [4.78, 5) is 19.0. The third kappa shape index (κ3) is 5.09. The Kier molecular flexibility index (Phi) is 6.19. The average molecular weight is 430 g/mol. The van der Waals surface area contributed by atoms with E-state index in [1.807, 2.05) is 6.07 Å². The van der Waals surface area contributed by atoms with Gasteiger partial charge in [0.15, 0.2) is 0 Å². The van der Waals surface area contributed by atoms with Crippen molar-refractivity contribution in [2.75, 3.05) is 56.5 Å². The summed E-state index contributed by atoms with van der Waals surface area (Å²) >= 11 is 0. The van der Waals surface area contributed by atoms with Crippen LogP contribution in [-0.4, -0.2) is 81.5 Å². The number of amides is 1. The minimum Gasteiger partial charge on any atom is -0.369 e. The number of hydrogen-bond donors (Lipinski definition) is 1. The van der Waals surface area contributed by atoms with E-state index in [4.69, 9.17) is 0 Å². The van der Waals surface area contributed by atoms with Gasteiger partial charge in [0.05, 0.1) is 11.3 Å². The molecule has 0 aliphatic carbocycles. The Hall–Kier alpha value is -2.65. The lowest BCUT2D eigenvalue weighted by Gasteiger charge is -2.36. The highest BCUT2D eigenvalue weighted by molar-refractivity contribution is 7.90. The van der Waals surface area contributed by atoms with E-state index >= 15 is 0 Å². The number of fused-ring (bicyclic) bond motifs is 1. The Morgan fingerprint density at radius 2 is 1.80 bits per heavy atom. The number of amidine groups is 1. The summed E-state index contributed by atoms with van der Waals surface area (Å²) in [6.45, 7) is 5.97. The van der Waals surface area contributed by atoms with E-state index < -0.39 is 10.0 Å². The summed E-state index contributed by atoms with van der Waals surface area (Å²) in [6, 6.07) is 10.5. The molecule has 1 fully saturated rings. The van der Waals surface area contributed by atoms with Crippen LogP contribution in [0.2, 0.25) is 0 Å². The Bertz CT molecular complexity index is 964. The minimum absolute atomic E-state index is 0.0344. The normalized spacial score (nSPS) is 20.9. The van der Waals surface area contributed by atoms with Gasteiger partial charge in [-0.1, -0.05) is 18.2 Å². The van der Waals surface area contributed by atoms with Gasteiger partial charge in [0.1, 0.15) is 5.84 Å². The average Bonchev–Trinajstić information content (AvgIpc) is 2.76. The smallest absolute Gasteiger partial charge is 0.256 e. The van der Waals surface area contributed by atoms with Gasteiger partial charge in [-0.05, 0) is 37.3 Å². The third-order valence-corrected chi connectivity index (χ3v) is 6.68. The van der Waals surface area contributed by atoms with Crippen LogP contribution in [0, 0.1) is 0 Å². The monoisotopic (exact) mass is 429 g/mol. The lowest BCUT2D eigenvalue weighted by atomic mass is 10.1. The topological polar surface area (TPSA) is 85.3 Å². The Morgan fingerprint density at radius 1 is 1.03 bits per heavy atom. The molecule has 30 heavy (non-hydrogen) atoms. The maximum atomic E-state index is 12.4. The van der Waals surface area contributed by atoms with Crippen LogP contribution in [0.3, 0.4) is 0 Å². The van der Waals surface area contributed by atoms with Crippen molar-refractivity contribution < 1.29 is 13.2 Å². The first-order valence-corrected chi connectivity index (χ1v) is 11.9. The highest BCUT2D eigenvalue weighted by Gasteiger charge is 2.25. The minimum atomic E-state index is -3.38. The number of carbonyl (C=O) groups is 1. The second-order valence-corrected chi connectivity index (χ2v) is 9.38. The van der Waals surface area contributed by atoms with E-state index in [9.17, 15) is 13.2 Å². The van der Waals surface area contributed by atoms with Crippen LogP contribution in [0.5, 0.6) is 0 Å². The Morgan fingerprint density at radius 3 is 2.57 bits per heavy atom. The Labute approximate surface area is 177 Å². The molecule has 0 unspecified atom stereocenters. The van der Waals surface area contributed by atoms with Crippen molar-refractivity contribution in [3.05, 3.63) is 54.3 Å². The number of nitrogens with one attached hydrogen (secondary N) is 1. The molecule has 3 heterocycles. The molecular formula is C21H27N5O3S. The summed E-state index contributed by atoms with van der Waals surface area (Å²) in [5, 5.41) is 2.96. The van der Waals surface area contributed by atoms with Gasteiger partial charge in [-0.15, -0.1) is 4.40 Å². The highest BCUT2D eigenvalue weighted by atomic mass is 32.2. The molecule has 8 nitrogen and oxygen atoms in total. The maximum absolute atomic E-state index is 12.4. The SMILES string of the molecule is O=C(NCCCN1CCN(c2ccccc2)CC1)C1=CN2CCS(=O)(=O)N=C2C=C1. The second kappa shape index (κ2) is 9.01. The molecule has 1 saturated heterocycles. The molecule has 3 aliphatic rings. The molecule has 3 aliphatic heterocycles. The third-order valence-electron chi connectivity index (χ3n) is 5.52. The molecule has 0 saturated carbocycles. The van der Waals surface area contributed by atoms with E-state index in [2.05, 4.69) is 43.8 Å². The van der Waals surface area contributed by atoms with Gasteiger partial charge < -0.3 is 15.1 Å². The molecule has 1 N–H and O–H groups in total. The molecular weight excluding hydrogens is 402 g/mol. The van der Waals surface area contributed by atoms with Crippen molar-refractivity contribution in [2.24, 2.45) is 4.40 Å². The molecule has 1 amide bonds. The number of piperazine rings is 1. The van der Waals surface area contributed by atoms with Gasteiger partial charge in [-0.3, -0.25) is 9.69 Å². The molecule has 0 spiro atoms. The van der Waals surface area contributed by atoms with Crippen molar-refractivity contribution in [1.82, 2.24) is 15.1 Å². The fraction of sp³-hybridized carbons (Fsp3) is 0.429. The summed E-state index contributed by atoms with van der Waals surface area (Å²) < 4.78 is 26.8. The van der Waals surface area contributed by atoms with Crippen LogP contribution in [-0.2, 0) is 14.8 Å². The van der Waals surface area contributed by atoms with Gasteiger partial charge in [-0.2, -0.15) is 0 Å². The lowest BCUT2D eigenvalue weighted by Crippen LogP contribution is -2.47. The van der Waals surface area contributed by atoms with Crippen molar-refractivity contribution >= 4 is 27.5 Å². The predicted molar refractivity (Wildman–Crippen MR) is 118 cm³/mol. The Balaban J connectivity index is 1.17. The molecule has 4 rings (SSSR count). The summed E-state index contributed by atoms with van der Waals surface area (Å²) in [7, 11) is -3.38. The number of rotatable bonds is 6. The number of sulfonamides is 1. The molecule has 1 aromatic rings. The molecule has 0 atom stereocenters. The largest absolute Gasteiger partial charge is 0.369 e. The number of carbonyl (C=O) groups excluding carboxylic acids is 1. The van der Waals surface area contributed by atoms with E-state index in [-0.39, 0.29) is 11.7 Å². The van der Waals surface area contributed by atoms with E-state index in [0.717, 1.165) is 39.1 Å². The first-order valence-electron chi connectivity index (χ1n) is 10.3. The zero-order chi connectivity index (χ0) is 21.0. The zero-order valence-electron chi connectivity index (χ0n) is 16.9. The number of benzene rings is 1.